The molecule has 3 saturated heterocycles. The molecule has 0 spiro atoms. The lowest BCUT2D eigenvalue weighted by atomic mass is 9.79. The molecular formula is C36H68B3Cl3O6. The summed E-state index contributed by atoms with van der Waals surface area (Å²) >= 11 is 15.7. The van der Waals surface area contributed by atoms with Crippen LogP contribution in [0.5, 0.6) is 0 Å². The normalized spacial score (nSPS) is 22.5. The highest BCUT2D eigenvalue weighted by Crippen LogP contribution is 2.40. The number of rotatable bonds is 7. The lowest BCUT2D eigenvalue weighted by Crippen LogP contribution is -2.41. The zero-order valence-electron chi connectivity index (χ0n) is 32.4. The van der Waals surface area contributed by atoms with Crippen molar-refractivity contribution < 1.29 is 27.9 Å². The van der Waals surface area contributed by atoms with Gasteiger partial charge in [-0.15, -0.1) is 29.1 Å². The molecule has 0 aromatic heterocycles. The molecule has 0 atom stereocenters. The van der Waals surface area contributed by atoms with E-state index in [2.05, 4.69) is 73.2 Å². The Bertz CT molecular complexity index is 963. The highest BCUT2D eigenvalue weighted by molar-refractivity contribution is 6.69. The van der Waals surface area contributed by atoms with E-state index in [-0.39, 0.29) is 60.6 Å². The van der Waals surface area contributed by atoms with Gasteiger partial charge in [0.2, 0.25) is 0 Å². The number of alkyl halides is 2. The maximum atomic E-state index is 6.13. The van der Waals surface area contributed by atoms with E-state index < -0.39 is 7.12 Å². The molecule has 0 aliphatic carbocycles. The second-order valence-corrected chi connectivity index (χ2v) is 16.3. The number of unbranched alkanes of at least 4 members (excludes halogenated alkanes) is 3. The predicted octanol–water partition coefficient (Wildman–Crippen LogP) is 11.4. The summed E-state index contributed by atoms with van der Waals surface area (Å²) in [5.74, 6) is 6.05. The van der Waals surface area contributed by atoms with Crippen LogP contribution in [-0.4, -0.2) is 60.3 Å². The third kappa shape index (κ3) is 15.2. The quantitative estimate of drug-likeness (QED) is 0.147. The number of hydrogen-bond donors (Lipinski definition) is 0. The molecule has 0 amide bonds. The van der Waals surface area contributed by atoms with Crippen LogP contribution < -0.4 is 0 Å². The molecule has 0 bridgehead atoms. The number of hydrogen-bond acceptors (Lipinski definition) is 6. The molecule has 0 aromatic carbocycles. The predicted molar refractivity (Wildman–Crippen MR) is 212 cm³/mol. The minimum atomic E-state index is -0.400. The summed E-state index contributed by atoms with van der Waals surface area (Å²) in [6.45, 7) is 33.1. The van der Waals surface area contributed by atoms with E-state index in [1.54, 1.807) is 0 Å². The van der Waals surface area contributed by atoms with Gasteiger partial charge < -0.3 is 27.9 Å². The fourth-order valence-corrected chi connectivity index (χ4v) is 4.21. The van der Waals surface area contributed by atoms with Crippen molar-refractivity contribution in [1.82, 2.24) is 0 Å². The van der Waals surface area contributed by atoms with Crippen LogP contribution in [0.25, 0.3) is 0 Å². The molecule has 6 nitrogen and oxygen atoms in total. The van der Waals surface area contributed by atoms with E-state index in [9.17, 15) is 0 Å². The first-order valence-electron chi connectivity index (χ1n) is 17.1. The van der Waals surface area contributed by atoms with Crippen molar-refractivity contribution in [2.75, 3.05) is 5.34 Å². The highest BCUT2D eigenvalue weighted by Gasteiger charge is 2.53. The van der Waals surface area contributed by atoms with E-state index in [0.29, 0.717) is 4.93 Å². The largest absolute Gasteiger partial charge is 0.551 e. The van der Waals surface area contributed by atoms with Gasteiger partial charge in [0.15, 0.2) is 0 Å². The molecule has 3 aliphatic heterocycles. The maximum absolute atomic E-state index is 6.13. The Balaban J connectivity index is 0. The van der Waals surface area contributed by atoms with Crippen molar-refractivity contribution in [2.45, 2.75) is 190 Å². The molecule has 3 aliphatic rings. The van der Waals surface area contributed by atoms with Crippen LogP contribution in [-0.2, 0) is 27.9 Å². The van der Waals surface area contributed by atoms with Gasteiger partial charge in [0.05, 0.1) is 38.9 Å². The molecule has 0 unspecified atom stereocenters. The number of allylic oxidation sites excluding steroid dienone is 3. The summed E-state index contributed by atoms with van der Waals surface area (Å²) < 4.78 is 34.9. The Hall–Kier alpha value is -0.135. The van der Waals surface area contributed by atoms with E-state index in [0.717, 1.165) is 38.5 Å². The zero-order valence-corrected chi connectivity index (χ0v) is 34.7. The molecule has 3 heterocycles. The summed E-state index contributed by atoms with van der Waals surface area (Å²) in [6.07, 6.45) is 10.5. The van der Waals surface area contributed by atoms with Gasteiger partial charge in [-0.25, -0.2) is 0 Å². The first-order chi connectivity index (χ1) is 21.4. The smallest absolute Gasteiger partial charge is 0.400 e. The SMILES string of the molecule is C.CCC/C=C(/C)B1OC(C)(C)C(C)(C)O1.CCC/C=C(/Cl)B1OC(C)(C)C(C)(C)O1.CCCC#CB1OC(C)(C)C(C)(C)O1.ClCCl. The molecule has 0 saturated carbocycles. The highest BCUT2D eigenvalue weighted by atomic mass is 35.5. The van der Waals surface area contributed by atoms with Gasteiger partial charge in [-0.05, 0) is 115 Å². The van der Waals surface area contributed by atoms with Gasteiger partial charge >= 0.3 is 21.4 Å². The van der Waals surface area contributed by atoms with Gasteiger partial charge in [-0.2, -0.15) is 0 Å². The van der Waals surface area contributed by atoms with Gasteiger partial charge in [0, 0.05) is 11.4 Å². The van der Waals surface area contributed by atoms with Gasteiger partial charge in [-0.1, -0.05) is 70.6 Å². The molecule has 278 valence electrons. The van der Waals surface area contributed by atoms with Crippen LogP contribution >= 0.6 is 34.8 Å². The van der Waals surface area contributed by atoms with Crippen molar-refractivity contribution >= 4 is 56.2 Å². The third-order valence-electron chi connectivity index (χ3n) is 9.33. The average molecular weight is 736 g/mol. The Morgan fingerprint density at radius 1 is 0.583 bits per heavy atom. The van der Waals surface area contributed by atoms with Crippen LogP contribution in [0.3, 0.4) is 0 Å². The average Bonchev–Trinajstić information content (AvgIpc) is 3.40. The molecule has 3 rings (SSSR count). The first kappa shape index (κ1) is 50.0. The second-order valence-electron chi connectivity index (χ2n) is 15.1. The zero-order chi connectivity index (χ0) is 36.9. The van der Waals surface area contributed by atoms with Crippen molar-refractivity contribution in [3.8, 4) is 11.7 Å². The van der Waals surface area contributed by atoms with Crippen molar-refractivity contribution in [3.05, 3.63) is 22.6 Å². The van der Waals surface area contributed by atoms with Gasteiger partial charge in [0.25, 0.3) is 0 Å². The molecule has 48 heavy (non-hydrogen) atoms. The molecular weight excluding hydrogens is 667 g/mol. The van der Waals surface area contributed by atoms with Gasteiger partial charge in [0.1, 0.15) is 0 Å². The molecule has 0 aromatic rings. The fraction of sp³-hybridized carbons (Fsp3) is 0.833. The Kier molecular flexibility index (Phi) is 22.3. The lowest BCUT2D eigenvalue weighted by molar-refractivity contribution is 0.00578. The van der Waals surface area contributed by atoms with Crippen molar-refractivity contribution in [3.63, 3.8) is 0 Å². The summed E-state index contributed by atoms with van der Waals surface area (Å²) in [4.78, 5) is 0.663. The summed E-state index contributed by atoms with van der Waals surface area (Å²) in [5.41, 5.74) is -0.402. The Morgan fingerprint density at radius 3 is 1.27 bits per heavy atom. The van der Waals surface area contributed by atoms with E-state index in [1.165, 1.54) is 5.47 Å². The maximum Gasteiger partial charge on any atom is 0.551 e. The summed E-state index contributed by atoms with van der Waals surface area (Å²) in [6, 6.07) is 0. The van der Waals surface area contributed by atoms with E-state index in [4.69, 9.17) is 62.7 Å². The third-order valence-corrected chi connectivity index (χ3v) is 9.67. The van der Waals surface area contributed by atoms with Crippen LogP contribution in [0, 0.1) is 11.7 Å². The summed E-state index contributed by atoms with van der Waals surface area (Å²) in [5, 5.41) is 0.194. The fourth-order valence-electron chi connectivity index (χ4n) is 4.01. The molecule has 12 heteroatoms. The Morgan fingerprint density at radius 2 is 0.917 bits per heavy atom. The van der Waals surface area contributed by atoms with Crippen LogP contribution in [0.1, 0.15) is 157 Å². The first-order valence-corrected chi connectivity index (χ1v) is 18.5. The second kappa shape index (κ2) is 21.4. The van der Waals surface area contributed by atoms with E-state index in [1.807, 2.05) is 61.5 Å². The molecule has 3 fully saturated rings. The number of halogens is 3. The van der Waals surface area contributed by atoms with Crippen molar-refractivity contribution in [2.24, 2.45) is 0 Å². The molecule has 0 N–H and O–H groups in total. The molecule has 0 radical (unpaired) electrons. The minimum absolute atomic E-state index is 0. The monoisotopic (exact) mass is 734 g/mol. The van der Waals surface area contributed by atoms with Gasteiger partial charge in [-0.3, -0.25) is 0 Å². The topological polar surface area (TPSA) is 55.4 Å². The van der Waals surface area contributed by atoms with Crippen LogP contribution in [0.2, 0.25) is 0 Å². The van der Waals surface area contributed by atoms with Crippen LogP contribution in [0.15, 0.2) is 22.6 Å². The Labute approximate surface area is 312 Å². The lowest BCUT2D eigenvalue weighted by Gasteiger charge is -2.32. The van der Waals surface area contributed by atoms with Crippen LogP contribution in [0.4, 0.5) is 0 Å². The standard InChI is InChI=1S/C12H23BO2.C11H20BClO2.C11H19BO2.CH2Cl2.CH4/c1-7-8-9-10(2)13-14-11(3,4)12(5,6)15-13;1-6-7-8-9(13)12-14-10(2,3)11(4,5)15-12;1-6-7-8-9-12-13-10(2,3)11(4,5)14-12;2-1-3;/h9H,7-8H2,1-6H3;8H,6-7H2,1-5H3;6-7H2,1-5H3;1H2;1H4/b10-9-;9-8+;;;. The van der Waals surface area contributed by atoms with Crippen molar-refractivity contribution in [1.29, 1.82) is 0 Å². The van der Waals surface area contributed by atoms with E-state index >= 15 is 0 Å². The summed E-state index contributed by atoms with van der Waals surface area (Å²) in [7, 11) is -0.920. The minimum Gasteiger partial charge on any atom is -0.400 e.